The number of anilines is 1. The van der Waals surface area contributed by atoms with Gasteiger partial charge in [-0.15, -0.1) is 0 Å². The van der Waals surface area contributed by atoms with Gasteiger partial charge in [0.1, 0.15) is 0 Å². The highest BCUT2D eigenvalue weighted by Crippen LogP contribution is 2.35. The molecule has 0 bridgehead atoms. The van der Waals surface area contributed by atoms with Crippen LogP contribution in [0.25, 0.3) is 11.1 Å². The van der Waals surface area contributed by atoms with E-state index in [1.165, 1.54) is 6.92 Å². The van der Waals surface area contributed by atoms with E-state index < -0.39 is 5.41 Å². The molecule has 0 saturated carbocycles. The van der Waals surface area contributed by atoms with Crippen LogP contribution in [-0.2, 0) is 11.3 Å². The van der Waals surface area contributed by atoms with Crippen molar-refractivity contribution in [3.63, 3.8) is 0 Å². The summed E-state index contributed by atoms with van der Waals surface area (Å²) in [4.78, 5) is 39.5. The van der Waals surface area contributed by atoms with E-state index in [0.29, 0.717) is 29.9 Å². The highest BCUT2D eigenvalue weighted by molar-refractivity contribution is 6.03. The van der Waals surface area contributed by atoms with E-state index >= 15 is 0 Å². The monoisotopic (exact) mass is 426 g/mol. The van der Waals surface area contributed by atoms with Gasteiger partial charge in [-0.1, -0.05) is 68.4 Å². The first kappa shape index (κ1) is 21.5. The van der Waals surface area contributed by atoms with Crippen LogP contribution in [0.15, 0.2) is 72.8 Å². The zero-order valence-corrected chi connectivity index (χ0v) is 18.5. The van der Waals surface area contributed by atoms with Crippen molar-refractivity contribution in [1.82, 2.24) is 4.90 Å². The van der Waals surface area contributed by atoms with Gasteiger partial charge in [-0.2, -0.15) is 0 Å². The van der Waals surface area contributed by atoms with Gasteiger partial charge < -0.3 is 10.2 Å². The van der Waals surface area contributed by atoms with Crippen molar-refractivity contribution in [2.24, 2.45) is 5.41 Å². The van der Waals surface area contributed by atoms with E-state index in [-0.39, 0.29) is 17.6 Å². The van der Waals surface area contributed by atoms with Crippen molar-refractivity contribution in [3.8, 4) is 11.1 Å². The minimum Gasteiger partial charge on any atom is -0.333 e. The van der Waals surface area contributed by atoms with E-state index in [9.17, 15) is 14.4 Å². The minimum atomic E-state index is -0.718. The third-order valence-corrected chi connectivity index (χ3v) is 5.77. The van der Waals surface area contributed by atoms with E-state index in [1.807, 2.05) is 86.6 Å². The summed E-state index contributed by atoms with van der Waals surface area (Å²) in [6.45, 7) is 6.02. The fourth-order valence-electron chi connectivity index (χ4n) is 4.29. The van der Waals surface area contributed by atoms with Gasteiger partial charge in [0.2, 0.25) is 5.91 Å². The van der Waals surface area contributed by atoms with E-state index in [2.05, 4.69) is 5.32 Å². The van der Waals surface area contributed by atoms with Gasteiger partial charge >= 0.3 is 0 Å². The molecule has 4 rings (SSSR count). The zero-order chi connectivity index (χ0) is 22.9. The number of fused-ring (bicyclic) bond motifs is 1. The third-order valence-electron chi connectivity index (χ3n) is 5.77. The summed E-state index contributed by atoms with van der Waals surface area (Å²) in [6, 6.07) is 22.5. The van der Waals surface area contributed by atoms with Crippen LogP contribution >= 0.6 is 0 Å². The average molecular weight is 427 g/mol. The van der Waals surface area contributed by atoms with Crippen LogP contribution in [-0.4, -0.2) is 29.0 Å². The second-order valence-corrected chi connectivity index (χ2v) is 8.83. The van der Waals surface area contributed by atoms with Crippen LogP contribution in [0.1, 0.15) is 47.1 Å². The Morgan fingerprint density at radius 2 is 1.62 bits per heavy atom. The Bertz CT molecular complexity index is 1200. The fraction of sp³-hybridized carbons (Fsp3) is 0.222. The molecule has 5 nitrogen and oxygen atoms in total. The van der Waals surface area contributed by atoms with Crippen molar-refractivity contribution in [1.29, 1.82) is 0 Å². The maximum Gasteiger partial charge on any atom is 0.254 e. The summed E-state index contributed by atoms with van der Waals surface area (Å²) in [5.41, 5.74) is 4.14. The number of carbonyl (C=O) groups excluding carboxylic acids is 3. The Hall–Kier alpha value is -3.73. The Morgan fingerprint density at radius 3 is 2.34 bits per heavy atom. The smallest absolute Gasteiger partial charge is 0.254 e. The lowest BCUT2D eigenvalue weighted by molar-refractivity contribution is -0.114. The summed E-state index contributed by atoms with van der Waals surface area (Å²) >= 11 is 0. The summed E-state index contributed by atoms with van der Waals surface area (Å²) in [7, 11) is 0. The highest BCUT2D eigenvalue weighted by atomic mass is 16.2. The maximum atomic E-state index is 13.2. The third kappa shape index (κ3) is 4.19. The van der Waals surface area contributed by atoms with Gasteiger partial charge in [0, 0.05) is 42.2 Å². The number of Topliss-reactive ketones (excluding diaryl/α,β-unsaturated/α-hetero) is 1. The van der Waals surface area contributed by atoms with Crippen molar-refractivity contribution in [2.45, 2.75) is 27.3 Å². The van der Waals surface area contributed by atoms with Gasteiger partial charge in [-0.05, 0) is 34.9 Å². The molecule has 1 aliphatic heterocycles. The number of hydrogen-bond acceptors (Lipinski definition) is 3. The van der Waals surface area contributed by atoms with Gasteiger partial charge in [-0.25, -0.2) is 0 Å². The number of nitrogens with zero attached hydrogens (tertiary/aromatic N) is 1. The molecule has 3 aromatic carbocycles. The SMILES string of the molecule is CC(=O)Nc1cccc(-c2cccc3c2CN(CC(C)(C)C(=O)c2ccccc2)C3=O)c1. The number of carbonyl (C=O) groups is 3. The summed E-state index contributed by atoms with van der Waals surface area (Å²) in [5, 5.41) is 2.81. The maximum absolute atomic E-state index is 13.2. The molecule has 1 aliphatic rings. The zero-order valence-electron chi connectivity index (χ0n) is 18.5. The number of rotatable bonds is 6. The van der Waals surface area contributed by atoms with E-state index in [4.69, 9.17) is 0 Å². The Balaban J connectivity index is 1.61. The lowest BCUT2D eigenvalue weighted by Crippen LogP contribution is -2.39. The van der Waals surface area contributed by atoms with Gasteiger partial charge in [0.25, 0.3) is 5.91 Å². The van der Waals surface area contributed by atoms with Crippen molar-refractivity contribution >= 4 is 23.3 Å². The molecule has 0 atom stereocenters. The molecule has 3 aromatic rings. The highest BCUT2D eigenvalue weighted by Gasteiger charge is 2.37. The molecule has 0 saturated heterocycles. The first-order chi connectivity index (χ1) is 15.3. The normalized spacial score (nSPS) is 13.1. The number of nitrogens with one attached hydrogen (secondary N) is 1. The van der Waals surface area contributed by atoms with E-state index in [1.54, 1.807) is 4.90 Å². The minimum absolute atomic E-state index is 0.0186. The molecular formula is C27H26N2O3. The van der Waals surface area contributed by atoms with Crippen LogP contribution in [0.5, 0.6) is 0 Å². The molecule has 5 heteroatoms. The molecule has 1 heterocycles. The Kier molecular flexibility index (Phi) is 5.66. The molecule has 0 fully saturated rings. The van der Waals surface area contributed by atoms with Crippen molar-refractivity contribution in [2.75, 3.05) is 11.9 Å². The number of amides is 2. The number of ketones is 1. The molecular weight excluding hydrogens is 400 g/mol. The van der Waals surface area contributed by atoms with E-state index in [0.717, 1.165) is 16.7 Å². The molecule has 32 heavy (non-hydrogen) atoms. The Morgan fingerprint density at radius 1 is 0.938 bits per heavy atom. The predicted molar refractivity (Wildman–Crippen MR) is 125 cm³/mol. The molecule has 0 spiro atoms. The summed E-state index contributed by atoms with van der Waals surface area (Å²) in [6.07, 6.45) is 0. The summed E-state index contributed by atoms with van der Waals surface area (Å²) < 4.78 is 0. The van der Waals surface area contributed by atoms with Crippen LogP contribution in [0.4, 0.5) is 5.69 Å². The quantitative estimate of drug-likeness (QED) is 0.553. The fourth-order valence-corrected chi connectivity index (χ4v) is 4.29. The van der Waals surface area contributed by atoms with Gasteiger partial charge in [0.05, 0.1) is 0 Å². The molecule has 162 valence electrons. The second kappa shape index (κ2) is 8.42. The average Bonchev–Trinajstić information content (AvgIpc) is 3.08. The largest absolute Gasteiger partial charge is 0.333 e. The summed E-state index contributed by atoms with van der Waals surface area (Å²) in [5.74, 6) is -0.175. The van der Waals surface area contributed by atoms with Gasteiger partial charge in [0.15, 0.2) is 5.78 Å². The topological polar surface area (TPSA) is 66.5 Å². The van der Waals surface area contributed by atoms with Crippen LogP contribution < -0.4 is 5.32 Å². The predicted octanol–water partition coefficient (Wildman–Crippen LogP) is 5.18. The lowest BCUT2D eigenvalue weighted by atomic mass is 9.83. The molecule has 1 N–H and O–H groups in total. The first-order valence-electron chi connectivity index (χ1n) is 10.7. The molecule has 2 amide bonds. The molecule has 0 unspecified atom stereocenters. The van der Waals surface area contributed by atoms with Crippen molar-refractivity contribution in [3.05, 3.63) is 89.5 Å². The standard InChI is InChI=1S/C27H26N2O3/c1-18(30)28-21-12-7-11-20(15-21)22-13-8-14-23-24(22)16-29(26(23)32)17-27(2,3)25(31)19-9-5-4-6-10-19/h4-15H,16-17H2,1-3H3,(H,28,30). The molecule has 0 radical (unpaired) electrons. The first-order valence-corrected chi connectivity index (χ1v) is 10.7. The molecule has 0 aromatic heterocycles. The number of hydrogen-bond donors (Lipinski definition) is 1. The molecule has 0 aliphatic carbocycles. The van der Waals surface area contributed by atoms with Crippen LogP contribution in [0.2, 0.25) is 0 Å². The van der Waals surface area contributed by atoms with Crippen LogP contribution in [0.3, 0.4) is 0 Å². The second-order valence-electron chi connectivity index (χ2n) is 8.83. The van der Waals surface area contributed by atoms with Crippen molar-refractivity contribution < 1.29 is 14.4 Å². The van der Waals surface area contributed by atoms with Gasteiger partial charge in [-0.3, -0.25) is 14.4 Å². The lowest BCUT2D eigenvalue weighted by Gasteiger charge is -2.29. The number of benzene rings is 3. The Labute approximate surface area is 188 Å². The van der Waals surface area contributed by atoms with Crippen LogP contribution in [0, 0.1) is 5.41 Å².